The van der Waals surface area contributed by atoms with Gasteiger partial charge in [-0.2, -0.15) is 0 Å². The summed E-state index contributed by atoms with van der Waals surface area (Å²) in [6.07, 6.45) is 2.14. The van der Waals surface area contributed by atoms with E-state index in [0.717, 1.165) is 44.8 Å². The number of piperidine rings is 1. The summed E-state index contributed by atoms with van der Waals surface area (Å²) in [5.74, 6) is -0.339. The first kappa shape index (κ1) is 10.5. The quantitative estimate of drug-likeness (QED) is 0.749. The average Bonchev–Trinajstić information content (AvgIpc) is 2.88. The Morgan fingerprint density at radius 2 is 2.25 bits per heavy atom. The smallest absolute Gasteiger partial charge is 0.186 e. The molecule has 16 heavy (non-hydrogen) atoms. The largest absolute Gasteiger partial charge is 0.357 e. The van der Waals surface area contributed by atoms with Crippen LogP contribution in [0.4, 0.5) is 5.00 Å². The highest BCUT2D eigenvalue weighted by molar-refractivity contribution is 7.14. The van der Waals surface area contributed by atoms with Crippen LogP contribution in [0.1, 0.15) is 18.5 Å². The maximum Gasteiger partial charge on any atom is 0.186 e. The summed E-state index contributed by atoms with van der Waals surface area (Å²) in [6.45, 7) is 5.45. The molecule has 88 valence electrons. The number of aromatic nitrogens is 1. The number of thiazole rings is 1. The fourth-order valence-electron chi connectivity index (χ4n) is 2.49. The van der Waals surface area contributed by atoms with Crippen molar-refractivity contribution >= 4 is 16.3 Å². The van der Waals surface area contributed by atoms with Gasteiger partial charge in [-0.1, -0.05) is 0 Å². The molecule has 2 aliphatic rings. The van der Waals surface area contributed by atoms with E-state index in [4.69, 9.17) is 9.47 Å². The molecule has 2 fully saturated rings. The number of anilines is 1. The minimum atomic E-state index is -0.339. The molecule has 0 radical (unpaired) electrons. The molecule has 0 bridgehead atoms. The van der Waals surface area contributed by atoms with Crippen LogP contribution < -0.4 is 4.90 Å². The molecule has 0 N–H and O–H groups in total. The zero-order chi connectivity index (χ0) is 11.0. The summed E-state index contributed by atoms with van der Waals surface area (Å²) in [4.78, 5) is 6.65. The summed E-state index contributed by atoms with van der Waals surface area (Å²) in [5, 5.41) is 1.26. The average molecular weight is 240 g/mol. The lowest BCUT2D eigenvalue weighted by molar-refractivity contribution is -0.160. The van der Waals surface area contributed by atoms with Crippen LogP contribution in [-0.4, -0.2) is 37.1 Å². The third kappa shape index (κ3) is 1.73. The second-order valence-electron chi connectivity index (χ2n) is 4.38. The van der Waals surface area contributed by atoms with Crippen molar-refractivity contribution in [2.24, 2.45) is 0 Å². The topological polar surface area (TPSA) is 34.6 Å². The normalized spacial score (nSPS) is 24.2. The molecule has 1 aromatic heterocycles. The molecule has 2 aliphatic heterocycles. The number of aryl methyl sites for hydroxylation is 1. The van der Waals surface area contributed by atoms with E-state index in [1.54, 1.807) is 11.3 Å². The Balaban J connectivity index is 1.80. The second kappa shape index (κ2) is 3.98. The van der Waals surface area contributed by atoms with E-state index in [-0.39, 0.29) is 5.79 Å². The van der Waals surface area contributed by atoms with Crippen molar-refractivity contribution in [1.29, 1.82) is 0 Å². The SMILES string of the molecule is Cc1ncsc1N1CCCC2(C1)OCCO2. The van der Waals surface area contributed by atoms with Crippen molar-refractivity contribution in [1.82, 2.24) is 4.98 Å². The van der Waals surface area contributed by atoms with Crippen molar-refractivity contribution in [3.8, 4) is 0 Å². The van der Waals surface area contributed by atoms with Gasteiger partial charge in [0.15, 0.2) is 5.79 Å². The van der Waals surface area contributed by atoms with Crippen molar-refractivity contribution in [2.75, 3.05) is 31.2 Å². The summed E-state index contributed by atoms with van der Waals surface area (Å²) >= 11 is 1.70. The first-order valence-electron chi connectivity index (χ1n) is 5.72. The molecule has 5 heteroatoms. The van der Waals surface area contributed by atoms with Crippen molar-refractivity contribution in [3.05, 3.63) is 11.2 Å². The van der Waals surface area contributed by atoms with Gasteiger partial charge < -0.3 is 14.4 Å². The Bertz CT molecular complexity index is 374. The molecular weight excluding hydrogens is 224 g/mol. The van der Waals surface area contributed by atoms with Crippen molar-refractivity contribution in [3.63, 3.8) is 0 Å². The van der Waals surface area contributed by atoms with Gasteiger partial charge in [-0.05, 0) is 13.3 Å². The van der Waals surface area contributed by atoms with Gasteiger partial charge in [0.05, 0.1) is 31.0 Å². The number of rotatable bonds is 1. The van der Waals surface area contributed by atoms with E-state index in [9.17, 15) is 0 Å². The summed E-state index contributed by atoms with van der Waals surface area (Å²) in [7, 11) is 0. The Morgan fingerprint density at radius 3 is 2.94 bits per heavy atom. The standard InChI is InChI=1S/C11H16N2O2S/c1-9-10(16-8-12-9)13-4-2-3-11(7-13)14-5-6-15-11/h8H,2-7H2,1H3. The minimum absolute atomic E-state index is 0.339. The van der Waals surface area contributed by atoms with Gasteiger partial charge in [-0.3, -0.25) is 0 Å². The third-order valence-electron chi connectivity index (χ3n) is 3.24. The number of ether oxygens (including phenoxy) is 2. The van der Waals surface area contributed by atoms with E-state index in [2.05, 4.69) is 16.8 Å². The van der Waals surface area contributed by atoms with Gasteiger partial charge in [0.2, 0.25) is 0 Å². The molecule has 1 spiro atoms. The predicted molar refractivity (Wildman–Crippen MR) is 62.9 cm³/mol. The van der Waals surface area contributed by atoms with Crippen LogP contribution in [0.3, 0.4) is 0 Å². The zero-order valence-corrected chi connectivity index (χ0v) is 10.3. The number of hydrogen-bond donors (Lipinski definition) is 0. The summed E-state index contributed by atoms with van der Waals surface area (Å²) in [5.41, 5.74) is 3.02. The minimum Gasteiger partial charge on any atom is -0.357 e. The zero-order valence-electron chi connectivity index (χ0n) is 9.44. The lowest BCUT2D eigenvalue weighted by atomic mass is 10.0. The molecule has 2 saturated heterocycles. The highest BCUT2D eigenvalue weighted by atomic mass is 32.1. The Hall–Kier alpha value is -0.650. The Kier molecular flexibility index (Phi) is 2.61. The van der Waals surface area contributed by atoms with E-state index >= 15 is 0 Å². The van der Waals surface area contributed by atoms with E-state index in [1.165, 1.54) is 5.00 Å². The van der Waals surface area contributed by atoms with Gasteiger partial charge in [0.1, 0.15) is 5.00 Å². The summed E-state index contributed by atoms with van der Waals surface area (Å²) < 4.78 is 11.5. The van der Waals surface area contributed by atoms with E-state index < -0.39 is 0 Å². The molecule has 4 nitrogen and oxygen atoms in total. The van der Waals surface area contributed by atoms with Gasteiger partial charge in [-0.15, -0.1) is 11.3 Å². The highest BCUT2D eigenvalue weighted by Crippen LogP contribution is 2.35. The second-order valence-corrected chi connectivity index (χ2v) is 5.21. The number of nitrogens with zero attached hydrogens (tertiary/aromatic N) is 2. The molecule has 0 aliphatic carbocycles. The molecule has 0 saturated carbocycles. The van der Waals surface area contributed by atoms with Gasteiger partial charge in [0, 0.05) is 13.0 Å². The van der Waals surface area contributed by atoms with Crippen LogP contribution in [0.5, 0.6) is 0 Å². The van der Waals surface area contributed by atoms with Crippen molar-refractivity contribution in [2.45, 2.75) is 25.6 Å². The molecule has 3 heterocycles. The summed E-state index contributed by atoms with van der Waals surface area (Å²) in [6, 6.07) is 0. The molecular formula is C11H16N2O2S. The van der Waals surface area contributed by atoms with Crippen LogP contribution in [-0.2, 0) is 9.47 Å². The molecule has 3 rings (SSSR count). The maximum absolute atomic E-state index is 5.77. The predicted octanol–water partition coefficient (Wildman–Crippen LogP) is 1.79. The fraction of sp³-hybridized carbons (Fsp3) is 0.727. The molecule has 0 amide bonds. The molecule has 0 atom stereocenters. The Morgan fingerprint density at radius 1 is 1.44 bits per heavy atom. The van der Waals surface area contributed by atoms with Gasteiger partial charge in [-0.25, -0.2) is 4.98 Å². The fourth-order valence-corrected chi connectivity index (χ4v) is 3.33. The van der Waals surface area contributed by atoms with Crippen LogP contribution >= 0.6 is 11.3 Å². The first-order valence-corrected chi connectivity index (χ1v) is 6.60. The molecule has 0 aromatic carbocycles. The maximum atomic E-state index is 5.77. The number of hydrogen-bond acceptors (Lipinski definition) is 5. The lowest BCUT2D eigenvalue weighted by Crippen LogP contribution is -2.49. The van der Waals surface area contributed by atoms with E-state index in [0.29, 0.717) is 0 Å². The Labute approximate surface area is 99.2 Å². The van der Waals surface area contributed by atoms with Gasteiger partial charge >= 0.3 is 0 Å². The van der Waals surface area contributed by atoms with E-state index in [1.807, 2.05) is 5.51 Å². The van der Waals surface area contributed by atoms with Crippen molar-refractivity contribution < 1.29 is 9.47 Å². The highest BCUT2D eigenvalue weighted by Gasteiger charge is 2.41. The first-order chi connectivity index (χ1) is 7.79. The lowest BCUT2D eigenvalue weighted by Gasteiger charge is -2.39. The molecule has 0 unspecified atom stereocenters. The van der Waals surface area contributed by atoms with Crippen LogP contribution in [0.15, 0.2) is 5.51 Å². The third-order valence-corrected chi connectivity index (χ3v) is 4.23. The van der Waals surface area contributed by atoms with Crippen LogP contribution in [0.2, 0.25) is 0 Å². The van der Waals surface area contributed by atoms with Crippen LogP contribution in [0, 0.1) is 6.92 Å². The van der Waals surface area contributed by atoms with Gasteiger partial charge in [0.25, 0.3) is 0 Å². The molecule has 1 aromatic rings. The monoisotopic (exact) mass is 240 g/mol. The van der Waals surface area contributed by atoms with Crippen LogP contribution in [0.25, 0.3) is 0 Å².